The van der Waals surface area contributed by atoms with E-state index in [9.17, 15) is 18.4 Å². The number of esters is 1. The first-order chi connectivity index (χ1) is 18.3. The van der Waals surface area contributed by atoms with Crippen LogP contribution in [0.25, 0.3) is 0 Å². The number of thiazole rings is 1. The number of likely N-dealkylation sites (N-methyl/N-ethyl adjacent to an activating group) is 1. The molecule has 0 amide bonds. The lowest BCUT2D eigenvalue weighted by Gasteiger charge is -2.40. The molecule has 3 heterocycles. The van der Waals surface area contributed by atoms with Gasteiger partial charge >= 0.3 is 5.97 Å². The van der Waals surface area contributed by atoms with Crippen molar-refractivity contribution in [2.75, 3.05) is 39.8 Å². The number of hydrogen-bond acceptors (Lipinski definition) is 9. The van der Waals surface area contributed by atoms with Gasteiger partial charge in [0, 0.05) is 47.4 Å². The van der Waals surface area contributed by atoms with Crippen LogP contribution in [0.2, 0.25) is 0 Å². The maximum atomic E-state index is 14.6. The number of aldehydes is 1. The Balaban J connectivity index is 1.78. The Labute approximate surface area is 232 Å². The van der Waals surface area contributed by atoms with E-state index in [1.54, 1.807) is 19.2 Å². The zero-order valence-electron chi connectivity index (χ0n) is 21.2. The zero-order valence-corrected chi connectivity index (χ0v) is 23.6. The van der Waals surface area contributed by atoms with Crippen molar-refractivity contribution in [3.05, 3.63) is 61.9 Å². The summed E-state index contributed by atoms with van der Waals surface area (Å²) < 4.78 is 34.5. The number of carbonyl (C=O) groups is 2. The molecule has 38 heavy (non-hydrogen) atoms. The minimum absolute atomic E-state index is 0.0251. The first kappa shape index (κ1) is 28.5. The minimum atomic E-state index is -1.01. The predicted octanol–water partition coefficient (Wildman–Crippen LogP) is 3.89. The minimum Gasteiger partial charge on any atom is -0.463 e. The summed E-state index contributed by atoms with van der Waals surface area (Å²) in [5, 5.41) is 5.74. The van der Waals surface area contributed by atoms with E-state index in [2.05, 4.69) is 26.2 Å². The van der Waals surface area contributed by atoms with Crippen LogP contribution >= 0.6 is 27.3 Å². The third-order valence-electron chi connectivity index (χ3n) is 6.55. The van der Waals surface area contributed by atoms with Crippen LogP contribution < -0.4 is 5.32 Å². The van der Waals surface area contributed by atoms with Crippen molar-refractivity contribution in [2.45, 2.75) is 38.0 Å². The summed E-state index contributed by atoms with van der Waals surface area (Å²) >= 11 is 4.82. The monoisotopic (exact) mass is 609 g/mol. The number of carbonyl (C=O) groups excluding carboxylic acids is 2. The van der Waals surface area contributed by atoms with Gasteiger partial charge in [-0.15, -0.1) is 11.3 Å². The molecule has 1 fully saturated rings. The second kappa shape index (κ2) is 13.0. The van der Waals surface area contributed by atoms with E-state index in [1.165, 1.54) is 23.5 Å². The maximum Gasteiger partial charge on any atom is 0.338 e. The third-order valence-corrected chi connectivity index (χ3v) is 8.01. The van der Waals surface area contributed by atoms with E-state index < -0.39 is 24.0 Å². The topological polar surface area (TPSA) is 87.1 Å². The number of likely N-dealkylation sites (tertiary alicyclic amines) is 1. The number of aliphatic imine (C=N–C) groups is 1. The molecule has 0 saturated carbocycles. The van der Waals surface area contributed by atoms with Crippen LogP contribution in [-0.2, 0) is 14.3 Å². The van der Waals surface area contributed by atoms with E-state index in [-0.39, 0.29) is 37.9 Å². The number of hydrogen-bond donors (Lipinski definition) is 1. The molecule has 0 aliphatic carbocycles. The molecule has 4 rings (SSSR count). The Morgan fingerprint density at radius 2 is 2.21 bits per heavy atom. The van der Waals surface area contributed by atoms with Gasteiger partial charge in [-0.05, 0) is 44.5 Å². The first-order valence-corrected chi connectivity index (χ1v) is 14.1. The fraction of sp³-hybridized carbons (Fsp3) is 0.462. The van der Waals surface area contributed by atoms with Gasteiger partial charge in [0.15, 0.2) is 10.8 Å². The lowest BCUT2D eigenvalue weighted by Crippen LogP contribution is -2.51. The number of aromatic nitrogens is 1. The largest absolute Gasteiger partial charge is 0.463 e. The van der Waals surface area contributed by atoms with Crippen LogP contribution in [0.5, 0.6) is 0 Å². The molecule has 12 heteroatoms. The van der Waals surface area contributed by atoms with Crippen molar-refractivity contribution in [1.82, 2.24) is 20.1 Å². The molecule has 1 aromatic carbocycles. The van der Waals surface area contributed by atoms with Crippen molar-refractivity contribution in [3.63, 3.8) is 0 Å². The molecule has 3 atom stereocenters. The molecular weight excluding hydrogens is 580 g/mol. The van der Waals surface area contributed by atoms with Gasteiger partial charge in [-0.25, -0.2) is 18.6 Å². The van der Waals surface area contributed by atoms with Crippen molar-refractivity contribution in [1.29, 1.82) is 0 Å². The number of amidine groups is 1. The number of rotatable bonds is 10. The second-order valence-corrected chi connectivity index (χ2v) is 11.0. The summed E-state index contributed by atoms with van der Waals surface area (Å²) in [6, 6.07) is 3.41. The van der Waals surface area contributed by atoms with Gasteiger partial charge in [0.2, 0.25) is 0 Å². The van der Waals surface area contributed by atoms with Gasteiger partial charge in [-0.2, -0.15) is 0 Å². The summed E-state index contributed by atoms with van der Waals surface area (Å²) in [5.41, 5.74) is 1.40. The molecule has 0 radical (unpaired) electrons. The Morgan fingerprint density at radius 1 is 1.39 bits per heavy atom. The van der Waals surface area contributed by atoms with Crippen LogP contribution in [0.3, 0.4) is 0 Å². The molecule has 1 N–H and O–H groups in total. The molecule has 0 spiro atoms. The Bertz CT molecular complexity index is 1210. The van der Waals surface area contributed by atoms with E-state index in [0.29, 0.717) is 46.0 Å². The summed E-state index contributed by atoms with van der Waals surface area (Å²) in [4.78, 5) is 37.5. The number of ether oxygens (including phenoxy) is 1. The third kappa shape index (κ3) is 6.71. The quantitative estimate of drug-likeness (QED) is 0.323. The second-order valence-electron chi connectivity index (χ2n) is 9.27. The predicted molar refractivity (Wildman–Crippen MR) is 145 cm³/mol. The maximum absolute atomic E-state index is 14.6. The summed E-state index contributed by atoms with van der Waals surface area (Å²) in [6.07, 6.45) is 2.55. The average molecular weight is 611 g/mol. The molecule has 2 aliphatic rings. The average Bonchev–Trinajstić information content (AvgIpc) is 3.41. The van der Waals surface area contributed by atoms with E-state index in [0.717, 1.165) is 6.29 Å². The lowest BCUT2D eigenvalue weighted by molar-refractivity contribution is -0.139. The van der Waals surface area contributed by atoms with Crippen molar-refractivity contribution in [3.8, 4) is 0 Å². The first-order valence-electron chi connectivity index (χ1n) is 12.4. The Morgan fingerprint density at radius 3 is 2.89 bits per heavy atom. The Hall–Kier alpha value is -2.54. The highest BCUT2D eigenvalue weighted by Gasteiger charge is 2.37. The van der Waals surface area contributed by atoms with Crippen LogP contribution in [0.15, 0.2) is 50.5 Å². The number of alkyl halides is 1. The molecule has 2 aliphatic heterocycles. The van der Waals surface area contributed by atoms with Crippen LogP contribution in [0, 0.1) is 5.82 Å². The molecule has 0 bridgehead atoms. The molecule has 1 aromatic heterocycles. The molecule has 1 saturated heterocycles. The fourth-order valence-electron chi connectivity index (χ4n) is 4.78. The van der Waals surface area contributed by atoms with E-state index >= 15 is 0 Å². The van der Waals surface area contributed by atoms with Crippen molar-refractivity contribution < 1.29 is 23.1 Å². The number of benzene rings is 1. The smallest absolute Gasteiger partial charge is 0.338 e. The van der Waals surface area contributed by atoms with Crippen molar-refractivity contribution in [2.24, 2.45) is 4.99 Å². The Kier molecular flexibility index (Phi) is 9.74. The van der Waals surface area contributed by atoms with Crippen molar-refractivity contribution >= 4 is 45.4 Å². The van der Waals surface area contributed by atoms with E-state index in [4.69, 9.17) is 9.73 Å². The molecule has 2 unspecified atom stereocenters. The molecule has 8 nitrogen and oxygen atoms in total. The van der Waals surface area contributed by atoms with Gasteiger partial charge in [-0.1, -0.05) is 22.0 Å². The fourth-order valence-corrected chi connectivity index (χ4v) is 5.94. The van der Waals surface area contributed by atoms with Gasteiger partial charge in [-0.3, -0.25) is 14.8 Å². The van der Waals surface area contributed by atoms with Gasteiger partial charge in [0.1, 0.15) is 24.3 Å². The number of halogens is 3. The van der Waals surface area contributed by atoms with Gasteiger partial charge in [0.05, 0.1) is 18.7 Å². The van der Waals surface area contributed by atoms with Crippen LogP contribution in [-0.4, -0.2) is 84.9 Å². The summed E-state index contributed by atoms with van der Waals surface area (Å²) in [7, 11) is 1.85. The highest BCUT2D eigenvalue weighted by Crippen LogP contribution is 2.37. The SMILES string of the molecule is CCOC(=O)C1=C(CN2CC(F)CCC2CN(C)CC=O)NC(c2nccs2)=N[C@H]1c1ccc(F)cc1Br. The van der Waals surface area contributed by atoms with Crippen LogP contribution in [0.4, 0.5) is 8.78 Å². The number of nitrogens with one attached hydrogen (secondary N) is 1. The standard InChI is InChI=1S/C26H30BrF2N5O3S/c1-3-37-26(36)22-21(15-34-13-17(29)4-6-18(34)14-33(2)9-10-35)31-24(25-30-8-11-38-25)32-23(22)19-7-5-16(28)12-20(19)27/h5,7-8,10-12,17-18,23H,3-4,6,9,13-15H2,1-2H3,(H,31,32)/t17?,18?,23-/m0/s1. The summed E-state index contributed by atoms with van der Waals surface area (Å²) in [5.74, 6) is -0.514. The zero-order chi connectivity index (χ0) is 27.2. The number of nitrogens with zero attached hydrogens (tertiary/aromatic N) is 4. The highest BCUT2D eigenvalue weighted by atomic mass is 79.9. The van der Waals surface area contributed by atoms with Gasteiger partial charge in [0.25, 0.3) is 0 Å². The highest BCUT2D eigenvalue weighted by molar-refractivity contribution is 9.10. The molecule has 2 aromatic rings. The summed E-state index contributed by atoms with van der Waals surface area (Å²) in [6.45, 7) is 3.15. The molecular formula is C26H30BrF2N5O3S. The normalized spacial score (nSPS) is 22.3. The number of piperidine rings is 1. The van der Waals surface area contributed by atoms with Crippen LogP contribution in [0.1, 0.15) is 36.4 Å². The lowest BCUT2D eigenvalue weighted by atomic mass is 9.94. The van der Waals surface area contributed by atoms with Gasteiger partial charge < -0.3 is 14.8 Å². The molecule has 204 valence electrons. The van der Waals surface area contributed by atoms with E-state index in [1.807, 2.05) is 22.2 Å².